The molecule has 4 fully saturated rings. The average Bonchev–Trinajstić information content (AvgIpc) is 3.40. The number of nitrogens with zero attached hydrogens (tertiary/aromatic N) is 3. The molecule has 10 heteroatoms. The number of nitrogens with one attached hydrogen (secondary N) is 2. The van der Waals surface area contributed by atoms with E-state index in [1.807, 2.05) is 56.6 Å². The average molecular weight is 650 g/mol. The number of carbonyl (C=O) groups excluding carboxylic acids is 2. The molecule has 6 rings (SSSR count). The van der Waals surface area contributed by atoms with Gasteiger partial charge in [0.15, 0.2) is 0 Å². The van der Waals surface area contributed by atoms with E-state index in [9.17, 15) is 19.8 Å². The van der Waals surface area contributed by atoms with Crippen LogP contribution in [0, 0.1) is 29.1 Å². The summed E-state index contributed by atoms with van der Waals surface area (Å²) in [5.41, 5.74) is 3.96. The first-order valence-electron chi connectivity index (χ1n) is 17.2. The zero-order chi connectivity index (χ0) is 34.0. The first-order valence-corrected chi connectivity index (χ1v) is 17.2. The number of anilines is 1. The maximum Gasteiger partial charge on any atom is 0.321 e. The highest BCUT2D eigenvalue weighted by Crippen LogP contribution is 2.61. The standard InChI is InChI=1S/C37H55N5O5/c1-23-30-19-28(37(30,3)4)20-31(23)39-35(45)34-33(24(2)44)32(22-43)47-42(34)21-25-10-8-11-27(18-25)26-12-14-29(15-13-26)38-36(46)41(7)17-9-16-40(5)6/h8,10-15,18,23-24,28,30-34,43-44H,9,16-17,19-22H2,1-7H3,(H,38,46)(H,39,45)/t23-,24-,28+,30-,31?,32-,33+,34-/m0/s1. The van der Waals surface area contributed by atoms with Crippen LogP contribution < -0.4 is 10.6 Å². The van der Waals surface area contributed by atoms with Crippen LogP contribution in [-0.2, 0) is 16.2 Å². The minimum absolute atomic E-state index is 0.0866. The highest BCUT2D eigenvalue weighted by atomic mass is 16.7. The number of fused-ring (bicyclic) bond motifs is 2. The maximum absolute atomic E-state index is 14.0. The van der Waals surface area contributed by atoms with Crippen LogP contribution in [0.5, 0.6) is 0 Å². The molecule has 0 radical (unpaired) electrons. The lowest BCUT2D eigenvalue weighted by Crippen LogP contribution is -2.62. The normalized spacial score (nSPS) is 28.9. The lowest BCUT2D eigenvalue weighted by molar-refractivity contribution is -0.183. The molecule has 8 atom stereocenters. The Labute approximate surface area is 280 Å². The molecule has 1 aliphatic heterocycles. The molecule has 4 aliphatic rings. The second kappa shape index (κ2) is 14.6. The van der Waals surface area contributed by atoms with Gasteiger partial charge >= 0.3 is 6.03 Å². The molecule has 3 aliphatic carbocycles. The molecule has 2 bridgehead atoms. The molecule has 258 valence electrons. The van der Waals surface area contributed by atoms with Crippen molar-refractivity contribution in [3.63, 3.8) is 0 Å². The van der Waals surface area contributed by atoms with Gasteiger partial charge in [-0.15, -0.1) is 0 Å². The lowest BCUT2D eigenvalue weighted by atomic mass is 9.45. The summed E-state index contributed by atoms with van der Waals surface area (Å²) < 4.78 is 0. The molecular formula is C37H55N5O5. The quantitative estimate of drug-likeness (QED) is 0.269. The van der Waals surface area contributed by atoms with Crippen molar-refractivity contribution in [3.8, 4) is 11.1 Å². The molecule has 10 nitrogen and oxygen atoms in total. The number of hydrogen-bond acceptors (Lipinski definition) is 7. The fourth-order valence-corrected chi connectivity index (χ4v) is 8.20. The van der Waals surface area contributed by atoms with Gasteiger partial charge in [-0.1, -0.05) is 51.1 Å². The van der Waals surface area contributed by atoms with Gasteiger partial charge in [-0.25, -0.2) is 4.79 Å². The van der Waals surface area contributed by atoms with Crippen molar-refractivity contribution in [1.82, 2.24) is 20.2 Å². The van der Waals surface area contributed by atoms with Gasteiger partial charge in [0.2, 0.25) is 5.91 Å². The van der Waals surface area contributed by atoms with Crippen LogP contribution in [0.15, 0.2) is 48.5 Å². The van der Waals surface area contributed by atoms with Crippen LogP contribution >= 0.6 is 0 Å². The topological polar surface area (TPSA) is 118 Å². The maximum atomic E-state index is 14.0. The number of hydroxylamine groups is 2. The summed E-state index contributed by atoms with van der Waals surface area (Å²) in [6.07, 6.45) is 1.57. The molecule has 1 saturated heterocycles. The van der Waals surface area contributed by atoms with Gasteiger partial charge in [0.1, 0.15) is 12.1 Å². The van der Waals surface area contributed by atoms with E-state index < -0.39 is 24.2 Å². The number of hydrogen-bond donors (Lipinski definition) is 4. The van der Waals surface area contributed by atoms with E-state index in [1.54, 1.807) is 23.9 Å². The molecule has 0 spiro atoms. The van der Waals surface area contributed by atoms with Crippen molar-refractivity contribution in [2.45, 2.75) is 77.8 Å². The van der Waals surface area contributed by atoms with Gasteiger partial charge in [0, 0.05) is 31.2 Å². The molecule has 2 aromatic carbocycles. The van der Waals surface area contributed by atoms with Crippen molar-refractivity contribution >= 4 is 17.6 Å². The summed E-state index contributed by atoms with van der Waals surface area (Å²) in [6.45, 7) is 10.2. The van der Waals surface area contributed by atoms with Crippen LogP contribution in [0.3, 0.4) is 0 Å². The van der Waals surface area contributed by atoms with Crippen LogP contribution in [0.25, 0.3) is 11.1 Å². The highest BCUT2D eigenvalue weighted by Gasteiger charge is 2.57. The molecule has 47 heavy (non-hydrogen) atoms. The van der Waals surface area contributed by atoms with E-state index in [4.69, 9.17) is 4.84 Å². The number of benzene rings is 2. The van der Waals surface area contributed by atoms with Crippen LogP contribution in [0.4, 0.5) is 10.5 Å². The zero-order valence-electron chi connectivity index (χ0n) is 29.1. The van der Waals surface area contributed by atoms with E-state index in [1.165, 1.54) is 6.42 Å². The molecule has 4 N–H and O–H groups in total. The van der Waals surface area contributed by atoms with Crippen molar-refractivity contribution in [2.24, 2.45) is 29.1 Å². The fourth-order valence-electron chi connectivity index (χ4n) is 8.20. The first kappa shape index (κ1) is 35.3. The van der Waals surface area contributed by atoms with Gasteiger partial charge in [-0.3, -0.25) is 9.63 Å². The van der Waals surface area contributed by atoms with Crippen molar-refractivity contribution in [1.29, 1.82) is 0 Å². The monoisotopic (exact) mass is 649 g/mol. The summed E-state index contributed by atoms with van der Waals surface area (Å²) in [4.78, 5) is 36.6. The third-order valence-electron chi connectivity index (χ3n) is 11.2. The van der Waals surface area contributed by atoms with E-state index in [-0.39, 0.29) is 24.6 Å². The van der Waals surface area contributed by atoms with E-state index in [2.05, 4.69) is 42.4 Å². The van der Waals surface area contributed by atoms with Crippen molar-refractivity contribution in [3.05, 3.63) is 54.1 Å². The molecule has 1 heterocycles. The first-order chi connectivity index (χ1) is 22.3. The summed E-state index contributed by atoms with van der Waals surface area (Å²) in [7, 11) is 5.84. The highest BCUT2D eigenvalue weighted by molar-refractivity contribution is 5.89. The minimum atomic E-state index is -0.841. The second-order valence-electron chi connectivity index (χ2n) is 15.0. The Morgan fingerprint density at radius 3 is 2.40 bits per heavy atom. The molecule has 3 saturated carbocycles. The summed E-state index contributed by atoms with van der Waals surface area (Å²) in [5, 5.41) is 28.9. The predicted octanol–water partition coefficient (Wildman–Crippen LogP) is 4.43. The number of carbonyl (C=O) groups is 2. The van der Waals surface area contributed by atoms with Gasteiger partial charge in [0.05, 0.1) is 19.3 Å². The summed E-state index contributed by atoms with van der Waals surface area (Å²) >= 11 is 0. The zero-order valence-corrected chi connectivity index (χ0v) is 29.1. The van der Waals surface area contributed by atoms with E-state index in [0.717, 1.165) is 41.8 Å². The number of aliphatic hydroxyl groups is 2. The molecule has 1 unspecified atom stereocenters. The summed E-state index contributed by atoms with van der Waals surface area (Å²) in [5.74, 6) is 0.851. The Kier molecular flexibility index (Phi) is 11.0. The Bertz CT molecular complexity index is 1380. The molecule has 3 amide bonds. The van der Waals surface area contributed by atoms with Crippen LogP contribution in [-0.4, -0.2) is 102 Å². The molecule has 2 aromatic rings. The van der Waals surface area contributed by atoms with Gasteiger partial charge in [-0.05, 0) is 105 Å². The third-order valence-corrected chi connectivity index (χ3v) is 11.2. The predicted molar refractivity (Wildman–Crippen MR) is 184 cm³/mol. The number of amides is 3. The largest absolute Gasteiger partial charge is 0.394 e. The van der Waals surface area contributed by atoms with Crippen molar-refractivity contribution < 1.29 is 24.6 Å². The number of urea groups is 1. The number of aliphatic hydroxyl groups excluding tert-OH is 2. The Morgan fingerprint density at radius 1 is 1.06 bits per heavy atom. The SMILES string of the molecule is C[C@H](O)[C@@H]1[C@H](CO)ON(Cc2cccc(-c3ccc(NC(=O)N(C)CCCN(C)C)cc3)c2)[C@@H]1C(=O)NC1C[C@H]2C[C@@H]([C@@H]1C)C2(C)C. The van der Waals surface area contributed by atoms with Gasteiger partial charge < -0.3 is 30.6 Å². The van der Waals surface area contributed by atoms with E-state index in [0.29, 0.717) is 36.3 Å². The minimum Gasteiger partial charge on any atom is -0.394 e. The smallest absolute Gasteiger partial charge is 0.321 e. The van der Waals surface area contributed by atoms with Crippen molar-refractivity contribution in [2.75, 3.05) is 46.2 Å². The van der Waals surface area contributed by atoms with E-state index >= 15 is 0 Å². The Balaban J connectivity index is 1.26. The van der Waals surface area contributed by atoms with Gasteiger partial charge in [0.25, 0.3) is 0 Å². The van der Waals surface area contributed by atoms with Crippen LogP contribution in [0.2, 0.25) is 0 Å². The second-order valence-corrected chi connectivity index (χ2v) is 15.0. The number of rotatable bonds is 12. The fraction of sp³-hybridized carbons (Fsp3) is 0.622. The Hall–Kier alpha value is -3.02. The summed E-state index contributed by atoms with van der Waals surface area (Å²) in [6, 6.07) is 15.0. The molecular weight excluding hydrogens is 594 g/mol. The van der Waals surface area contributed by atoms with Crippen LogP contribution in [0.1, 0.15) is 52.5 Å². The third kappa shape index (κ3) is 7.67. The molecule has 0 aromatic heterocycles. The lowest BCUT2D eigenvalue weighted by Gasteiger charge is -2.62. The van der Waals surface area contributed by atoms with Gasteiger partial charge in [-0.2, -0.15) is 5.06 Å². The Morgan fingerprint density at radius 2 is 1.79 bits per heavy atom.